The highest BCUT2D eigenvalue weighted by Crippen LogP contribution is 2.28. The van der Waals surface area contributed by atoms with Crippen LogP contribution < -0.4 is 5.32 Å². The Balaban J connectivity index is 2.38. The molecule has 1 fully saturated rings. The lowest BCUT2D eigenvalue weighted by molar-refractivity contribution is -0.122. The lowest BCUT2D eigenvalue weighted by Gasteiger charge is -2.33. The first-order chi connectivity index (χ1) is 6.13. The highest BCUT2D eigenvalue weighted by Gasteiger charge is 2.25. The predicted molar refractivity (Wildman–Crippen MR) is 54.4 cm³/mol. The third kappa shape index (κ3) is 3.02. The van der Waals surface area contributed by atoms with E-state index in [1.807, 2.05) is 6.92 Å². The summed E-state index contributed by atoms with van der Waals surface area (Å²) in [4.78, 5) is 11.2. The molecule has 1 amide bonds. The molecular weight excluding hydrogens is 162 g/mol. The fraction of sp³-hybridized carbons (Fsp3) is 0.909. The van der Waals surface area contributed by atoms with Gasteiger partial charge >= 0.3 is 0 Å². The normalized spacial score (nSPS) is 34.2. The summed E-state index contributed by atoms with van der Waals surface area (Å²) in [5.41, 5.74) is 0. The van der Waals surface area contributed by atoms with Gasteiger partial charge in [-0.2, -0.15) is 0 Å². The molecular formula is C11H21NO. The number of nitrogens with one attached hydrogen (secondary N) is 1. The molecule has 0 aromatic carbocycles. The van der Waals surface area contributed by atoms with Crippen molar-refractivity contribution in [2.75, 3.05) is 0 Å². The number of carbonyl (C=O) groups is 1. The Kier molecular flexibility index (Phi) is 3.76. The number of hydrogen-bond acceptors (Lipinski definition) is 1. The van der Waals surface area contributed by atoms with Crippen LogP contribution in [0.1, 0.15) is 46.5 Å². The van der Waals surface area contributed by atoms with E-state index >= 15 is 0 Å². The quantitative estimate of drug-likeness (QED) is 0.699. The van der Waals surface area contributed by atoms with Crippen LogP contribution in [0.5, 0.6) is 0 Å². The van der Waals surface area contributed by atoms with Crippen LogP contribution in [0.15, 0.2) is 0 Å². The standard InChI is InChI=1S/C11H21NO/c1-4-11(13)12-10-6-5-8(2)7-9(10)3/h8-10H,4-7H2,1-3H3,(H,12,13). The minimum atomic E-state index is 0.200. The summed E-state index contributed by atoms with van der Waals surface area (Å²) in [6.45, 7) is 6.45. The van der Waals surface area contributed by atoms with E-state index in [2.05, 4.69) is 19.2 Å². The van der Waals surface area contributed by atoms with Gasteiger partial charge in [-0.15, -0.1) is 0 Å². The predicted octanol–water partition coefficient (Wildman–Crippen LogP) is 2.34. The van der Waals surface area contributed by atoms with Crippen LogP contribution in [-0.4, -0.2) is 11.9 Å². The van der Waals surface area contributed by atoms with Gasteiger partial charge in [-0.05, 0) is 31.1 Å². The molecule has 2 heteroatoms. The molecule has 0 aromatic heterocycles. The number of amides is 1. The van der Waals surface area contributed by atoms with Crippen molar-refractivity contribution in [1.29, 1.82) is 0 Å². The van der Waals surface area contributed by atoms with Crippen molar-refractivity contribution in [3.63, 3.8) is 0 Å². The molecule has 2 nitrogen and oxygen atoms in total. The topological polar surface area (TPSA) is 29.1 Å². The van der Waals surface area contributed by atoms with Crippen LogP contribution in [0.4, 0.5) is 0 Å². The Labute approximate surface area is 81.1 Å². The number of carbonyl (C=O) groups excluding carboxylic acids is 1. The van der Waals surface area contributed by atoms with Crippen molar-refractivity contribution in [2.24, 2.45) is 11.8 Å². The van der Waals surface area contributed by atoms with Crippen molar-refractivity contribution in [2.45, 2.75) is 52.5 Å². The molecule has 0 spiro atoms. The van der Waals surface area contributed by atoms with E-state index in [0.717, 1.165) is 12.3 Å². The Morgan fingerprint density at radius 2 is 2.08 bits per heavy atom. The van der Waals surface area contributed by atoms with Crippen LogP contribution in [0.25, 0.3) is 0 Å². The van der Waals surface area contributed by atoms with Gasteiger partial charge < -0.3 is 5.32 Å². The minimum absolute atomic E-state index is 0.200. The zero-order valence-corrected chi connectivity index (χ0v) is 8.97. The van der Waals surface area contributed by atoms with E-state index in [-0.39, 0.29) is 5.91 Å². The second-order valence-electron chi connectivity index (χ2n) is 4.42. The van der Waals surface area contributed by atoms with Crippen LogP contribution in [-0.2, 0) is 4.79 Å². The molecule has 13 heavy (non-hydrogen) atoms. The second-order valence-corrected chi connectivity index (χ2v) is 4.42. The van der Waals surface area contributed by atoms with Gasteiger partial charge in [0, 0.05) is 12.5 Å². The third-order valence-corrected chi connectivity index (χ3v) is 3.10. The summed E-state index contributed by atoms with van der Waals surface area (Å²) >= 11 is 0. The Hall–Kier alpha value is -0.530. The zero-order chi connectivity index (χ0) is 9.84. The Morgan fingerprint density at radius 3 is 2.62 bits per heavy atom. The van der Waals surface area contributed by atoms with Gasteiger partial charge in [0.05, 0.1) is 0 Å². The third-order valence-electron chi connectivity index (χ3n) is 3.10. The van der Waals surface area contributed by atoms with Gasteiger partial charge in [0.1, 0.15) is 0 Å². The number of rotatable bonds is 2. The average molecular weight is 183 g/mol. The Bertz CT molecular complexity index is 179. The molecule has 0 saturated heterocycles. The molecule has 1 saturated carbocycles. The highest BCUT2D eigenvalue weighted by atomic mass is 16.1. The summed E-state index contributed by atoms with van der Waals surface area (Å²) in [7, 11) is 0. The fourth-order valence-electron chi connectivity index (χ4n) is 2.19. The van der Waals surface area contributed by atoms with Gasteiger partial charge in [0.15, 0.2) is 0 Å². The van der Waals surface area contributed by atoms with Crippen molar-refractivity contribution in [3.8, 4) is 0 Å². The van der Waals surface area contributed by atoms with Crippen LogP contribution >= 0.6 is 0 Å². The van der Waals surface area contributed by atoms with Crippen LogP contribution in [0.2, 0.25) is 0 Å². The first kappa shape index (κ1) is 10.6. The summed E-state index contributed by atoms with van der Waals surface area (Å²) in [5.74, 6) is 1.69. The molecule has 0 aromatic rings. The fourth-order valence-corrected chi connectivity index (χ4v) is 2.19. The summed E-state index contributed by atoms with van der Waals surface area (Å²) in [5, 5.41) is 3.10. The van der Waals surface area contributed by atoms with E-state index < -0.39 is 0 Å². The smallest absolute Gasteiger partial charge is 0.219 e. The van der Waals surface area contributed by atoms with Gasteiger partial charge in [0.25, 0.3) is 0 Å². The first-order valence-electron chi connectivity index (χ1n) is 5.42. The minimum Gasteiger partial charge on any atom is -0.353 e. The monoisotopic (exact) mass is 183 g/mol. The largest absolute Gasteiger partial charge is 0.353 e. The summed E-state index contributed by atoms with van der Waals surface area (Å²) in [6, 6.07) is 0.434. The molecule has 1 aliphatic rings. The number of hydrogen-bond donors (Lipinski definition) is 1. The zero-order valence-electron chi connectivity index (χ0n) is 8.97. The maximum atomic E-state index is 11.2. The van der Waals surface area contributed by atoms with E-state index in [9.17, 15) is 4.79 Å². The van der Waals surface area contributed by atoms with E-state index in [4.69, 9.17) is 0 Å². The van der Waals surface area contributed by atoms with Gasteiger partial charge in [-0.3, -0.25) is 4.79 Å². The van der Waals surface area contributed by atoms with Gasteiger partial charge in [-0.25, -0.2) is 0 Å². The second kappa shape index (κ2) is 4.64. The molecule has 0 heterocycles. The molecule has 0 radical (unpaired) electrons. The lowest BCUT2D eigenvalue weighted by atomic mass is 9.80. The Morgan fingerprint density at radius 1 is 1.38 bits per heavy atom. The van der Waals surface area contributed by atoms with Crippen LogP contribution in [0.3, 0.4) is 0 Å². The van der Waals surface area contributed by atoms with Crippen molar-refractivity contribution in [1.82, 2.24) is 5.32 Å². The van der Waals surface area contributed by atoms with E-state index in [1.54, 1.807) is 0 Å². The highest BCUT2D eigenvalue weighted by molar-refractivity contribution is 5.75. The van der Waals surface area contributed by atoms with Crippen LogP contribution in [0, 0.1) is 11.8 Å². The SMILES string of the molecule is CCC(=O)NC1CCC(C)CC1C. The molecule has 3 atom stereocenters. The molecule has 1 N–H and O–H groups in total. The first-order valence-corrected chi connectivity index (χ1v) is 5.42. The molecule has 0 aliphatic heterocycles. The average Bonchev–Trinajstić information content (AvgIpc) is 2.09. The summed E-state index contributed by atoms with van der Waals surface area (Å²) < 4.78 is 0. The summed E-state index contributed by atoms with van der Waals surface area (Å²) in [6.07, 6.45) is 4.29. The maximum Gasteiger partial charge on any atom is 0.219 e. The lowest BCUT2D eigenvalue weighted by Crippen LogP contribution is -2.42. The van der Waals surface area contributed by atoms with E-state index in [0.29, 0.717) is 18.4 Å². The van der Waals surface area contributed by atoms with Gasteiger partial charge in [-0.1, -0.05) is 20.8 Å². The molecule has 1 rings (SSSR count). The molecule has 0 bridgehead atoms. The van der Waals surface area contributed by atoms with Crippen molar-refractivity contribution in [3.05, 3.63) is 0 Å². The van der Waals surface area contributed by atoms with Gasteiger partial charge in [0.2, 0.25) is 5.91 Å². The van der Waals surface area contributed by atoms with E-state index in [1.165, 1.54) is 12.8 Å². The van der Waals surface area contributed by atoms with Crippen molar-refractivity contribution < 1.29 is 4.79 Å². The maximum absolute atomic E-state index is 11.2. The molecule has 76 valence electrons. The molecule has 3 unspecified atom stereocenters. The van der Waals surface area contributed by atoms with Crippen molar-refractivity contribution >= 4 is 5.91 Å². The molecule has 1 aliphatic carbocycles.